The second-order valence-electron chi connectivity index (χ2n) is 7.87. The van der Waals surface area contributed by atoms with Crippen molar-refractivity contribution in [1.82, 2.24) is 10.2 Å². The van der Waals surface area contributed by atoms with Gasteiger partial charge in [-0.05, 0) is 60.4 Å². The van der Waals surface area contributed by atoms with Crippen molar-refractivity contribution in [2.45, 2.75) is 36.5 Å². The highest BCUT2D eigenvalue weighted by Crippen LogP contribution is 2.52. The predicted octanol–water partition coefficient (Wildman–Crippen LogP) is 4.09. The van der Waals surface area contributed by atoms with Crippen molar-refractivity contribution >= 4 is 23.6 Å². The van der Waals surface area contributed by atoms with E-state index in [1.165, 1.54) is 4.90 Å². The number of carbonyl (C=O) groups is 1. The summed E-state index contributed by atoms with van der Waals surface area (Å²) in [6.45, 7) is 2.05. The molecule has 0 saturated carbocycles. The number of nitriles is 1. The molecule has 2 unspecified atom stereocenters. The number of thioether (sulfide) groups is 1. The Hall–Kier alpha value is -2.78. The molecule has 2 aromatic carbocycles. The van der Waals surface area contributed by atoms with Gasteiger partial charge in [0, 0.05) is 7.05 Å². The molecule has 2 atom stereocenters. The van der Waals surface area contributed by atoms with Crippen LogP contribution in [0.15, 0.2) is 48.5 Å². The van der Waals surface area contributed by atoms with Crippen molar-refractivity contribution < 1.29 is 4.79 Å². The first-order valence-electron chi connectivity index (χ1n) is 9.81. The molecule has 148 valence electrons. The minimum Gasteiger partial charge on any atom is -0.345 e. The third-order valence-corrected chi connectivity index (χ3v) is 7.97. The van der Waals surface area contributed by atoms with E-state index in [0.717, 1.165) is 41.7 Å². The Bertz CT molecular complexity index is 1020. The molecular weight excluding hydrogens is 380 g/mol. The van der Waals surface area contributed by atoms with E-state index in [1.807, 2.05) is 36.4 Å². The molecule has 0 aromatic heterocycles. The van der Waals surface area contributed by atoms with E-state index in [9.17, 15) is 10.1 Å². The summed E-state index contributed by atoms with van der Waals surface area (Å²) < 4.78 is -0.641. The molecule has 2 heterocycles. The Kier molecular flexibility index (Phi) is 4.87. The van der Waals surface area contributed by atoms with Gasteiger partial charge in [-0.15, -0.1) is 11.8 Å². The molecule has 2 aliphatic rings. The Morgan fingerprint density at radius 1 is 1.17 bits per heavy atom. The molecule has 2 aliphatic heterocycles. The Balaban J connectivity index is 1.84. The zero-order chi connectivity index (χ0) is 20.6. The summed E-state index contributed by atoms with van der Waals surface area (Å²) in [4.78, 5) is 14.9. The molecule has 2 saturated heterocycles. The highest BCUT2D eigenvalue weighted by Gasteiger charge is 2.60. The van der Waals surface area contributed by atoms with E-state index in [0.29, 0.717) is 5.56 Å². The van der Waals surface area contributed by atoms with Gasteiger partial charge in [-0.25, -0.2) is 0 Å². The van der Waals surface area contributed by atoms with E-state index >= 15 is 0 Å². The first-order chi connectivity index (χ1) is 13.9. The van der Waals surface area contributed by atoms with Crippen molar-refractivity contribution in [1.29, 1.82) is 10.7 Å². The lowest BCUT2D eigenvalue weighted by Gasteiger charge is -2.55. The highest BCUT2D eigenvalue weighted by molar-refractivity contribution is 8.01. The first-order valence-corrected chi connectivity index (χ1v) is 10.8. The lowest BCUT2D eigenvalue weighted by atomic mass is 9.73. The van der Waals surface area contributed by atoms with Gasteiger partial charge in [-0.2, -0.15) is 5.26 Å². The summed E-state index contributed by atoms with van der Waals surface area (Å²) in [5.74, 6) is 1.07. The lowest BCUT2D eigenvalue weighted by Crippen LogP contribution is -2.72. The average molecular weight is 405 g/mol. The van der Waals surface area contributed by atoms with Crippen LogP contribution in [0.2, 0.25) is 0 Å². The van der Waals surface area contributed by atoms with Crippen LogP contribution in [0.4, 0.5) is 0 Å². The minimum atomic E-state index is -0.693. The van der Waals surface area contributed by atoms with Crippen LogP contribution < -0.4 is 5.32 Å². The van der Waals surface area contributed by atoms with E-state index in [2.05, 4.69) is 24.4 Å². The van der Waals surface area contributed by atoms with E-state index in [-0.39, 0.29) is 11.9 Å². The van der Waals surface area contributed by atoms with Crippen molar-refractivity contribution in [2.75, 3.05) is 12.8 Å². The fourth-order valence-electron chi connectivity index (χ4n) is 4.45. The smallest absolute Gasteiger partial charge is 0.248 e. The van der Waals surface area contributed by atoms with Gasteiger partial charge < -0.3 is 5.32 Å². The zero-order valence-corrected chi connectivity index (χ0v) is 17.5. The molecule has 4 rings (SSSR count). The van der Waals surface area contributed by atoms with Crippen LogP contribution in [0, 0.1) is 16.7 Å². The molecule has 0 aliphatic carbocycles. The number of hydrogen-bond donors (Lipinski definition) is 2. The zero-order valence-electron chi connectivity index (χ0n) is 16.7. The fraction of sp³-hybridized carbons (Fsp3) is 0.348. The molecule has 0 radical (unpaired) electrons. The largest absolute Gasteiger partial charge is 0.345 e. The fourth-order valence-corrected chi connectivity index (χ4v) is 6.15. The van der Waals surface area contributed by atoms with E-state index in [1.54, 1.807) is 24.9 Å². The normalized spacial score (nSPS) is 26.9. The Morgan fingerprint density at radius 2 is 1.90 bits per heavy atom. The van der Waals surface area contributed by atoms with Gasteiger partial charge >= 0.3 is 0 Å². The van der Waals surface area contributed by atoms with Gasteiger partial charge in [0.05, 0.1) is 17.2 Å². The molecular formula is C23H24N4OS. The first kappa shape index (κ1) is 19.5. The van der Waals surface area contributed by atoms with Crippen LogP contribution >= 0.6 is 11.8 Å². The van der Waals surface area contributed by atoms with Crippen LogP contribution in [0.1, 0.15) is 37.3 Å². The standard InChI is InChI=1S/C23H24N4OS/c1-22(23(11-3-4-12-29-23)20(28)27(2)21(25)26-22)19-10-6-9-18(14-19)17-8-5-7-16(13-17)15-24/h5-10,13-14H,3-4,11-12H2,1-2H3,(H2,25,26). The number of nitrogens with one attached hydrogen (secondary N) is 2. The number of guanidine groups is 1. The second-order valence-corrected chi connectivity index (χ2v) is 9.26. The van der Waals surface area contributed by atoms with Gasteiger partial charge in [-0.3, -0.25) is 15.1 Å². The summed E-state index contributed by atoms with van der Waals surface area (Å²) in [6.07, 6.45) is 2.89. The number of carbonyl (C=O) groups excluding carboxylic acids is 1. The topological polar surface area (TPSA) is 80.0 Å². The molecule has 2 aromatic rings. The second kappa shape index (κ2) is 7.23. The van der Waals surface area contributed by atoms with Crippen LogP contribution in [-0.4, -0.2) is 34.3 Å². The predicted molar refractivity (Wildman–Crippen MR) is 117 cm³/mol. The molecule has 5 nitrogen and oxygen atoms in total. The molecule has 6 heteroatoms. The van der Waals surface area contributed by atoms with Gasteiger partial charge in [0.1, 0.15) is 4.75 Å². The SMILES string of the molecule is CN1C(=N)NC(C)(c2cccc(-c3cccc(C#N)c3)c2)C2(CCCCS2)C1=O. The minimum absolute atomic E-state index is 0.00494. The third kappa shape index (κ3) is 3.01. The average Bonchev–Trinajstić information content (AvgIpc) is 2.77. The number of hydrogen-bond acceptors (Lipinski definition) is 4. The molecule has 0 bridgehead atoms. The van der Waals surface area contributed by atoms with Crippen LogP contribution in [0.25, 0.3) is 11.1 Å². The molecule has 29 heavy (non-hydrogen) atoms. The molecule has 2 fully saturated rings. The number of nitrogens with zero attached hydrogens (tertiary/aromatic N) is 2. The number of rotatable bonds is 2. The maximum Gasteiger partial charge on any atom is 0.248 e. The third-order valence-electron chi connectivity index (χ3n) is 6.20. The van der Waals surface area contributed by atoms with Crippen molar-refractivity contribution in [3.05, 3.63) is 59.7 Å². The summed E-state index contributed by atoms with van der Waals surface area (Å²) in [5.41, 5.74) is 2.87. The van der Waals surface area contributed by atoms with Crippen molar-refractivity contribution in [2.24, 2.45) is 0 Å². The van der Waals surface area contributed by atoms with Gasteiger partial charge in [0.15, 0.2) is 5.96 Å². The highest BCUT2D eigenvalue weighted by atomic mass is 32.2. The van der Waals surface area contributed by atoms with E-state index < -0.39 is 10.3 Å². The van der Waals surface area contributed by atoms with Crippen LogP contribution in [0.3, 0.4) is 0 Å². The van der Waals surface area contributed by atoms with Crippen LogP contribution in [-0.2, 0) is 10.3 Å². The Labute approximate surface area is 175 Å². The van der Waals surface area contributed by atoms with Crippen molar-refractivity contribution in [3.63, 3.8) is 0 Å². The molecule has 1 spiro atoms. The van der Waals surface area contributed by atoms with Gasteiger partial charge in [0.25, 0.3) is 0 Å². The van der Waals surface area contributed by atoms with E-state index in [4.69, 9.17) is 5.41 Å². The maximum atomic E-state index is 13.4. The van der Waals surface area contributed by atoms with Crippen molar-refractivity contribution in [3.8, 4) is 17.2 Å². The maximum absolute atomic E-state index is 13.4. The summed E-state index contributed by atoms with van der Waals surface area (Å²) in [5, 5.41) is 20.9. The number of benzene rings is 2. The van der Waals surface area contributed by atoms with Crippen LogP contribution in [0.5, 0.6) is 0 Å². The van der Waals surface area contributed by atoms with Gasteiger partial charge in [-0.1, -0.05) is 36.8 Å². The number of amides is 1. The molecule has 2 N–H and O–H groups in total. The summed E-state index contributed by atoms with van der Waals surface area (Å²) in [7, 11) is 1.68. The quantitative estimate of drug-likeness (QED) is 0.790. The summed E-state index contributed by atoms with van der Waals surface area (Å²) in [6, 6.07) is 17.9. The molecule has 1 amide bonds. The lowest BCUT2D eigenvalue weighted by molar-refractivity contribution is -0.133. The van der Waals surface area contributed by atoms with Gasteiger partial charge in [0.2, 0.25) is 5.91 Å². The Morgan fingerprint density at radius 3 is 2.59 bits per heavy atom. The monoisotopic (exact) mass is 404 g/mol. The summed E-state index contributed by atoms with van der Waals surface area (Å²) >= 11 is 1.72.